The Morgan fingerprint density at radius 1 is 1.21 bits per heavy atom. The van der Waals surface area contributed by atoms with Crippen LogP contribution in [0.2, 0.25) is 0 Å². The molecule has 2 aromatic heterocycles. The lowest BCUT2D eigenvalue weighted by Crippen LogP contribution is -2.25. The second kappa shape index (κ2) is 5.88. The maximum absolute atomic E-state index is 12.7. The molecule has 1 aliphatic rings. The van der Waals surface area contributed by atoms with Gasteiger partial charge in [0.25, 0.3) is 5.91 Å². The molecule has 6 nitrogen and oxygen atoms in total. The first-order chi connectivity index (χ1) is 11.7. The minimum Gasteiger partial charge on any atom is -0.328 e. The molecule has 0 saturated heterocycles. The summed E-state index contributed by atoms with van der Waals surface area (Å²) in [5.74, 6) is 0.843. The molecule has 0 atom stereocenters. The van der Waals surface area contributed by atoms with Crippen LogP contribution in [0, 0.1) is 0 Å². The fraction of sp³-hybridized carbons (Fsp3) is 0.222. The third-order valence-corrected chi connectivity index (χ3v) is 4.23. The molecule has 0 aliphatic carbocycles. The highest BCUT2D eigenvalue weighted by atomic mass is 16.2. The highest BCUT2D eigenvalue weighted by Gasteiger charge is 2.25. The number of aryl methyl sites for hydroxylation is 1. The van der Waals surface area contributed by atoms with Gasteiger partial charge in [-0.15, -0.1) is 0 Å². The highest BCUT2D eigenvalue weighted by Crippen LogP contribution is 2.23. The Labute approximate surface area is 139 Å². The summed E-state index contributed by atoms with van der Waals surface area (Å²) in [6.07, 6.45) is 7.98. The molecular weight excluding hydrogens is 302 g/mol. The van der Waals surface area contributed by atoms with Crippen molar-refractivity contribution in [1.29, 1.82) is 0 Å². The number of amides is 1. The number of nitrogens with zero attached hydrogens (tertiary/aromatic N) is 5. The first-order valence-corrected chi connectivity index (χ1v) is 7.96. The first-order valence-electron chi connectivity index (χ1n) is 7.96. The molecule has 1 amide bonds. The third kappa shape index (κ3) is 2.56. The topological polar surface area (TPSA) is 63.9 Å². The second-order valence-electron chi connectivity index (χ2n) is 5.79. The molecule has 4 rings (SSSR count). The van der Waals surface area contributed by atoms with Crippen molar-refractivity contribution in [2.45, 2.75) is 26.4 Å². The molecule has 6 heteroatoms. The maximum atomic E-state index is 12.7. The van der Waals surface area contributed by atoms with Gasteiger partial charge in [0.15, 0.2) is 0 Å². The van der Waals surface area contributed by atoms with Gasteiger partial charge in [0.2, 0.25) is 0 Å². The van der Waals surface area contributed by atoms with Crippen molar-refractivity contribution in [3.05, 3.63) is 71.8 Å². The van der Waals surface area contributed by atoms with Crippen LogP contribution < -0.4 is 0 Å². The van der Waals surface area contributed by atoms with Gasteiger partial charge in [0.1, 0.15) is 5.82 Å². The number of imidazole rings is 1. The predicted molar refractivity (Wildman–Crippen MR) is 88.6 cm³/mol. The van der Waals surface area contributed by atoms with Gasteiger partial charge < -0.3 is 9.47 Å². The normalized spacial score (nSPS) is 13.1. The summed E-state index contributed by atoms with van der Waals surface area (Å²) in [5.41, 5.74) is 3.66. The van der Waals surface area contributed by atoms with Crippen molar-refractivity contribution >= 4 is 5.91 Å². The van der Waals surface area contributed by atoms with Gasteiger partial charge in [-0.2, -0.15) is 0 Å². The zero-order valence-electron chi connectivity index (χ0n) is 13.4. The molecule has 0 N–H and O–H groups in total. The van der Waals surface area contributed by atoms with Gasteiger partial charge >= 0.3 is 0 Å². The van der Waals surface area contributed by atoms with Crippen molar-refractivity contribution in [3.8, 4) is 5.69 Å². The molecule has 3 heterocycles. The smallest absolute Gasteiger partial charge is 0.254 e. The van der Waals surface area contributed by atoms with Crippen LogP contribution >= 0.6 is 0 Å². The zero-order chi connectivity index (χ0) is 16.5. The first kappa shape index (κ1) is 14.6. The lowest BCUT2D eigenvalue weighted by Gasteiger charge is -2.15. The Balaban J connectivity index is 1.52. The highest BCUT2D eigenvalue weighted by molar-refractivity contribution is 5.94. The van der Waals surface area contributed by atoms with Crippen LogP contribution in [0.25, 0.3) is 5.69 Å². The Bertz CT molecular complexity index is 871. The van der Waals surface area contributed by atoms with Crippen molar-refractivity contribution in [2.75, 3.05) is 0 Å². The molecule has 120 valence electrons. The molecule has 24 heavy (non-hydrogen) atoms. The molecule has 1 aromatic carbocycles. The summed E-state index contributed by atoms with van der Waals surface area (Å²) in [6.45, 7) is 3.15. The Hall–Kier alpha value is -3.02. The number of fused-ring (bicyclic) bond motifs is 1. The minimum absolute atomic E-state index is 0.0169. The Morgan fingerprint density at radius 2 is 2.04 bits per heavy atom. The third-order valence-electron chi connectivity index (χ3n) is 4.23. The van der Waals surface area contributed by atoms with Crippen LogP contribution in [0.4, 0.5) is 0 Å². The SMILES string of the molecule is CCc1ncc2c(n1)CN(C(=O)c1ccc(-n3ccnc3)cc1)C2. The van der Waals surface area contributed by atoms with Crippen LogP contribution in [0.15, 0.2) is 49.2 Å². The fourth-order valence-electron chi connectivity index (χ4n) is 2.88. The Morgan fingerprint density at radius 3 is 2.75 bits per heavy atom. The number of hydrogen-bond acceptors (Lipinski definition) is 4. The van der Waals surface area contributed by atoms with Crippen LogP contribution in [-0.2, 0) is 19.5 Å². The van der Waals surface area contributed by atoms with E-state index in [2.05, 4.69) is 15.0 Å². The minimum atomic E-state index is 0.0169. The molecular formula is C18H17N5O. The van der Waals surface area contributed by atoms with Gasteiger partial charge in [0.05, 0.1) is 18.6 Å². The molecule has 3 aromatic rings. The lowest BCUT2D eigenvalue weighted by atomic mass is 10.2. The van der Waals surface area contributed by atoms with Crippen LogP contribution in [0.1, 0.15) is 34.4 Å². The number of aromatic nitrogens is 4. The quantitative estimate of drug-likeness (QED) is 0.743. The molecule has 0 bridgehead atoms. The number of carbonyl (C=O) groups is 1. The van der Waals surface area contributed by atoms with Crippen molar-refractivity contribution in [1.82, 2.24) is 24.4 Å². The molecule has 0 fully saturated rings. The van der Waals surface area contributed by atoms with Crippen LogP contribution in [-0.4, -0.2) is 30.3 Å². The monoisotopic (exact) mass is 319 g/mol. The van der Waals surface area contributed by atoms with E-state index in [0.717, 1.165) is 29.2 Å². The van der Waals surface area contributed by atoms with Gasteiger partial charge in [0, 0.05) is 48.4 Å². The average Bonchev–Trinajstić information content (AvgIpc) is 3.30. The van der Waals surface area contributed by atoms with Gasteiger partial charge in [-0.25, -0.2) is 15.0 Å². The number of hydrogen-bond donors (Lipinski definition) is 0. The average molecular weight is 319 g/mol. The van der Waals surface area contributed by atoms with E-state index in [9.17, 15) is 4.79 Å². The van der Waals surface area contributed by atoms with E-state index in [1.807, 2.05) is 53.0 Å². The standard InChI is InChI=1S/C18H17N5O/c1-2-17-20-9-14-10-23(11-16(14)21-17)18(24)13-3-5-15(6-4-13)22-8-7-19-12-22/h3-9,12H,2,10-11H2,1H3. The van der Waals surface area contributed by atoms with E-state index >= 15 is 0 Å². The fourth-order valence-corrected chi connectivity index (χ4v) is 2.88. The van der Waals surface area contributed by atoms with E-state index in [-0.39, 0.29) is 5.91 Å². The molecule has 0 spiro atoms. The van der Waals surface area contributed by atoms with Crippen LogP contribution in [0.3, 0.4) is 0 Å². The van der Waals surface area contributed by atoms with E-state index < -0.39 is 0 Å². The van der Waals surface area contributed by atoms with Crippen LogP contribution in [0.5, 0.6) is 0 Å². The number of rotatable bonds is 3. The summed E-state index contributed by atoms with van der Waals surface area (Å²) >= 11 is 0. The van der Waals surface area contributed by atoms with Gasteiger partial charge in [-0.3, -0.25) is 4.79 Å². The van der Waals surface area contributed by atoms with Crippen molar-refractivity contribution < 1.29 is 4.79 Å². The van der Waals surface area contributed by atoms with Gasteiger partial charge in [-0.05, 0) is 24.3 Å². The maximum Gasteiger partial charge on any atom is 0.254 e. The predicted octanol–water partition coefficient (Wildman–Crippen LogP) is 2.38. The number of benzene rings is 1. The Kier molecular flexibility index (Phi) is 3.57. The summed E-state index contributed by atoms with van der Waals surface area (Å²) in [6, 6.07) is 7.55. The van der Waals surface area contributed by atoms with E-state index in [4.69, 9.17) is 0 Å². The second-order valence-corrected chi connectivity index (χ2v) is 5.79. The van der Waals surface area contributed by atoms with Crippen molar-refractivity contribution in [3.63, 3.8) is 0 Å². The van der Waals surface area contributed by atoms with Crippen molar-refractivity contribution in [2.24, 2.45) is 0 Å². The van der Waals surface area contributed by atoms with E-state index in [1.165, 1.54) is 0 Å². The zero-order valence-corrected chi connectivity index (χ0v) is 13.4. The summed E-state index contributed by atoms with van der Waals surface area (Å²) in [5, 5.41) is 0. The van der Waals surface area contributed by atoms with E-state index in [1.54, 1.807) is 12.5 Å². The molecule has 0 radical (unpaired) electrons. The molecule has 1 aliphatic heterocycles. The summed E-state index contributed by atoms with van der Waals surface area (Å²) < 4.78 is 1.90. The largest absolute Gasteiger partial charge is 0.328 e. The van der Waals surface area contributed by atoms with Gasteiger partial charge in [-0.1, -0.05) is 6.92 Å². The molecule has 0 saturated carbocycles. The molecule has 0 unspecified atom stereocenters. The summed E-state index contributed by atoms with van der Waals surface area (Å²) in [7, 11) is 0. The lowest BCUT2D eigenvalue weighted by molar-refractivity contribution is 0.0750. The summed E-state index contributed by atoms with van der Waals surface area (Å²) in [4.78, 5) is 27.4. The number of carbonyl (C=O) groups excluding carboxylic acids is 1. The van der Waals surface area contributed by atoms with E-state index in [0.29, 0.717) is 18.7 Å².